The molecular weight excluding hydrogens is 258 g/mol. The van der Waals surface area contributed by atoms with Gasteiger partial charge < -0.3 is 5.32 Å². The van der Waals surface area contributed by atoms with Crippen molar-refractivity contribution in [2.24, 2.45) is 0 Å². The van der Waals surface area contributed by atoms with Crippen molar-refractivity contribution in [1.29, 1.82) is 0 Å². The average molecular weight is 281 g/mol. The number of aryl methyl sites for hydroxylation is 2. The van der Waals surface area contributed by atoms with Gasteiger partial charge in [0.25, 0.3) is 0 Å². The summed E-state index contributed by atoms with van der Waals surface area (Å²) >= 11 is 0. The molecule has 0 bridgehead atoms. The molecule has 1 N–H and O–H groups in total. The summed E-state index contributed by atoms with van der Waals surface area (Å²) in [6.07, 6.45) is 0.891. The molecule has 3 nitrogen and oxygen atoms in total. The lowest BCUT2D eigenvalue weighted by Gasteiger charge is -2.13. The highest BCUT2D eigenvalue weighted by Gasteiger charge is 2.20. The van der Waals surface area contributed by atoms with E-state index >= 15 is 0 Å². The Bertz CT molecular complexity index is 471. The Balaban J connectivity index is 2.68. The quantitative estimate of drug-likeness (QED) is 0.870. The molecule has 1 aromatic carbocycles. The van der Waals surface area contributed by atoms with E-state index in [1.165, 1.54) is 0 Å². The van der Waals surface area contributed by atoms with Crippen LogP contribution in [0.5, 0.6) is 0 Å². The van der Waals surface area contributed by atoms with Crippen LogP contribution in [0.4, 0.5) is 0 Å². The maximum absolute atomic E-state index is 12.2. The lowest BCUT2D eigenvalue weighted by molar-refractivity contribution is -0.120. The molecule has 2 atom stereocenters. The molecule has 0 saturated carbocycles. The van der Waals surface area contributed by atoms with Gasteiger partial charge in [0.05, 0.1) is 0 Å². The molecule has 106 valence electrons. The third-order valence-corrected chi connectivity index (χ3v) is 4.71. The number of hydrogen-bond donors (Lipinski definition) is 1. The largest absolute Gasteiger partial charge is 0.355 e. The van der Waals surface area contributed by atoms with Crippen molar-refractivity contribution in [3.8, 4) is 0 Å². The Hall–Kier alpha value is -1.16. The molecular formula is C15H23NO2S. The molecule has 0 radical (unpaired) electrons. The SMILES string of the molecule is CCCNC(=O)[C@@H](C)[S@](=O)Cc1cc(C)ccc1C. The molecule has 0 fully saturated rings. The van der Waals surface area contributed by atoms with Crippen LogP contribution < -0.4 is 5.32 Å². The number of nitrogens with one attached hydrogen (secondary N) is 1. The lowest BCUT2D eigenvalue weighted by atomic mass is 10.1. The summed E-state index contributed by atoms with van der Waals surface area (Å²) in [4.78, 5) is 11.8. The van der Waals surface area contributed by atoms with Gasteiger partial charge in [0, 0.05) is 23.1 Å². The summed E-state index contributed by atoms with van der Waals surface area (Å²) in [6, 6.07) is 6.12. The van der Waals surface area contributed by atoms with Crippen molar-refractivity contribution in [2.45, 2.75) is 45.1 Å². The maximum atomic E-state index is 12.2. The van der Waals surface area contributed by atoms with E-state index in [1.807, 2.05) is 39.0 Å². The van der Waals surface area contributed by atoms with Crippen LogP contribution in [-0.4, -0.2) is 21.9 Å². The van der Waals surface area contributed by atoms with E-state index in [9.17, 15) is 9.00 Å². The number of amides is 1. The number of rotatable bonds is 6. The summed E-state index contributed by atoms with van der Waals surface area (Å²) in [6.45, 7) is 8.39. The molecule has 4 heteroatoms. The van der Waals surface area contributed by atoms with Crippen molar-refractivity contribution < 1.29 is 9.00 Å². The molecule has 19 heavy (non-hydrogen) atoms. The number of benzene rings is 1. The van der Waals surface area contributed by atoms with E-state index in [-0.39, 0.29) is 5.91 Å². The highest BCUT2D eigenvalue weighted by molar-refractivity contribution is 7.85. The van der Waals surface area contributed by atoms with Gasteiger partial charge >= 0.3 is 0 Å². The van der Waals surface area contributed by atoms with Crippen LogP contribution in [0.2, 0.25) is 0 Å². The van der Waals surface area contributed by atoms with Gasteiger partial charge in [-0.2, -0.15) is 0 Å². The summed E-state index contributed by atoms with van der Waals surface area (Å²) in [7, 11) is -1.18. The van der Waals surface area contributed by atoms with Gasteiger partial charge in [-0.05, 0) is 38.3 Å². The molecule has 0 aliphatic heterocycles. The third kappa shape index (κ3) is 4.78. The highest BCUT2D eigenvalue weighted by atomic mass is 32.2. The minimum atomic E-state index is -1.18. The van der Waals surface area contributed by atoms with E-state index in [1.54, 1.807) is 6.92 Å². The van der Waals surface area contributed by atoms with Crippen LogP contribution in [-0.2, 0) is 21.3 Å². The second-order valence-electron chi connectivity index (χ2n) is 4.89. The number of carbonyl (C=O) groups excluding carboxylic acids is 1. The third-order valence-electron chi connectivity index (χ3n) is 3.12. The Labute approximate surface area is 118 Å². The van der Waals surface area contributed by atoms with Gasteiger partial charge in [0.2, 0.25) is 5.91 Å². The fourth-order valence-electron chi connectivity index (χ4n) is 1.75. The zero-order valence-corrected chi connectivity index (χ0v) is 13.0. The zero-order chi connectivity index (χ0) is 14.4. The number of hydrogen-bond acceptors (Lipinski definition) is 2. The molecule has 0 unspecified atom stereocenters. The second kappa shape index (κ2) is 7.43. The van der Waals surface area contributed by atoms with E-state index in [2.05, 4.69) is 5.32 Å². The first-order valence-corrected chi connectivity index (χ1v) is 8.05. The first-order valence-electron chi connectivity index (χ1n) is 6.66. The van der Waals surface area contributed by atoms with E-state index < -0.39 is 16.0 Å². The van der Waals surface area contributed by atoms with Crippen molar-refractivity contribution in [3.05, 3.63) is 34.9 Å². The zero-order valence-electron chi connectivity index (χ0n) is 12.2. The first-order chi connectivity index (χ1) is 8.95. The van der Waals surface area contributed by atoms with Gasteiger partial charge in [0.15, 0.2) is 0 Å². The summed E-state index contributed by atoms with van der Waals surface area (Å²) in [5, 5.41) is 2.33. The van der Waals surface area contributed by atoms with Crippen LogP contribution in [0, 0.1) is 13.8 Å². The van der Waals surface area contributed by atoms with Gasteiger partial charge in [0.1, 0.15) is 5.25 Å². The number of carbonyl (C=O) groups is 1. The Morgan fingerprint density at radius 1 is 1.37 bits per heavy atom. The Kier molecular flexibility index (Phi) is 6.22. The van der Waals surface area contributed by atoms with Crippen LogP contribution >= 0.6 is 0 Å². The minimum absolute atomic E-state index is 0.120. The summed E-state index contributed by atoms with van der Waals surface area (Å²) < 4.78 is 12.2. The maximum Gasteiger partial charge on any atom is 0.235 e. The van der Waals surface area contributed by atoms with Gasteiger partial charge in [-0.3, -0.25) is 9.00 Å². The molecule has 1 aromatic rings. The predicted molar refractivity (Wildman–Crippen MR) is 80.5 cm³/mol. The smallest absolute Gasteiger partial charge is 0.235 e. The van der Waals surface area contributed by atoms with Gasteiger partial charge in [-0.25, -0.2) is 0 Å². The van der Waals surface area contributed by atoms with Crippen molar-refractivity contribution in [3.63, 3.8) is 0 Å². The molecule has 1 rings (SSSR count). The molecule has 0 aliphatic rings. The van der Waals surface area contributed by atoms with E-state index in [4.69, 9.17) is 0 Å². The van der Waals surface area contributed by atoms with Gasteiger partial charge in [-0.1, -0.05) is 30.7 Å². The van der Waals surface area contributed by atoms with Gasteiger partial charge in [-0.15, -0.1) is 0 Å². The summed E-state index contributed by atoms with van der Waals surface area (Å²) in [5.74, 6) is 0.319. The molecule has 0 aromatic heterocycles. The Morgan fingerprint density at radius 3 is 2.68 bits per heavy atom. The van der Waals surface area contributed by atoms with E-state index in [0.29, 0.717) is 12.3 Å². The highest BCUT2D eigenvalue weighted by Crippen LogP contribution is 2.14. The van der Waals surface area contributed by atoms with Crippen LogP contribution in [0.3, 0.4) is 0 Å². The van der Waals surface area contributed by atoms with Crippen molar-refractivity contribution in [1.82, 2.24) is 5.32 Å². The molecule has 0 heterocycles. The van der Waals surface area contributed by atoms with E-state index in [0.717, 1.165) is 23.1 Å². The molecule has 0 aliphatic carbocycles. The molecule has 1 amide bonds. The first kappa shape index (κ1) is 15.9. The fraction of sp³-hybridized carbons (Fsp3) is 0.533. The fourth-order valence-corrected chi connectivity index (χ4v) is 2.93. The predicted octanol–water partition coefficient (Wildman–Crippen LogP) is 2.47. The van der Waals surface area contributed by atoms with Crippen molar-refractivity contribution >= 4 is 16.7 Å². The van der Waals surface area contributed by atoms with Crippen molar-refractivity contribution in [2.75, 3.05) is 6.54 Å². The lowest BCUT2D eigenvalue weighted by Crippen LogP contribution is -2.36. The Morgan fingerprint density at radius 2 is 2.05 bits per heavy atom. The molecule has 0 saturated heterocycles. The average Bonchev–Trinajstić information content (AvgIpc) is 2.39. The standard InChI is InChI=1S/C15H23NO2S/c1-5-8-16-15(17)13(4)19(18)10-14-9-11(2)6-7-12(14)3/h6-7,9,13H,5,8,10H2,1-4H3,(H,16,17)/t13-,19-/m1/s1. The normalized spacial score (nSPS) is 13.9. The molecule has 0 spiro atoms. The summed E-state index contributed by atoms with van der Waals surface area (Å²) in [5.41, 5.74) is 3.34. The van der Waals surface area contributed by atoms with Crippen LogP contribution in [0.15, 0.2) is 18.2 Å². The second-order valence-corrected chi connectivity index (χ2v) is 6.65. The topological polar surface area (TPSA) is 46.2 Å². The minimum Gasteiger partial charge on any atom is -0.355 e. The monoisotopic (exact) mass is 281 g/mol. The van der Waals surface area contributed by atoms with Crippen LogP contribution in [0.25, 0.3) is 0 Å². The van der Waals surface area contributed by atoms with Crippen LogP contribution in [0.1, 0.15) is 37.0 Å².